The van der Waals surface area contributed by atoms with Crippen molar-refractivity contribution in [2.45, 2.75) is 65.5 Å². The molecule has 0 bridgehead atoms. The smallest absolute Gasteiger partial charge is 0.475 e. The van der Waals surface area contributed by atoms with E-state index in [1.54, 1.807) is 30.3 Å². The van der Waals surface area contributed by atoms with E-state index in [0.29, 0.717) is 0 Å². The topological polar surface area (TPSA) is 305 Å². The first kappa shape index (κ1) is 70.2. The van der Waals surface area contributed by atoms with Crippen molar-refractivity contribution in [3.8, 4) is 30.3 Å². The molecule has 0 aromatic heterocycles. The van der Waals surface area contributed by atoms with Gasteiger partial charge in [-0.2, -0.15) is 92.2 Å². The van der Waals surface area contributed by atoms with Crippen LogP contribution in [-0.2, 0) is 24.0 Å². The summed E-state index contributed by atoms with van der Waals surface area (Å²) in [4.78, 5) is 44.5. The molecule has 0 aromatic rings. The van der Waals surface area contributed by atoms with Crippen LogP contribution in [0.15, 0.2) is 0 Å². The molecule has 0 spiro atoms. The van der Waals surface area contributed by atoms with E-state index in [2.05, 4.69) is 0 Å². The third-order valence-electron chi connectivity index (χ3n) is 1.21. The lowest BCUT2D eigenvalue weighted by Crippen LogP contribution is -2.21. The first-order valence-electron chi connectivity index (χ1n) is 9.84. The number of rotatable bonds is 0. The van der Waals surface area contributed by atoms with Gasteiger partial charge in [0.2, 0.25) is 0 Å². The molecule has 0 aliphatic carbocycles. The predicted octanol–water partition coefficient (Wildman–Crippen LogP) is 5.82. The molecule has 0 amide bonds. The summed E-state index contributed by atoms with van der Waals surface area (Å²) in [5.41, 5.74) is 0. The summed E-state index contributed by atoms with van der Waals surface area (Å²) in [5.74, 6) is -13.8. The van der Waals surface area contributed by atoms with Gasteiger partial charge in [0.05, 0.1) is 30.3 Å². The van der Waals surface area contributed by atoms with Crippen LogP contribution in [0.3, 0.4) is 0 Å². The van der Waals surface area contributed by atoms with Crippen LogP contribution in [0.5, 0.6) is 0 Å². The monoisotopic (exact) mass is 775 g/mol. The Bertz CT molecular complexity index is 937. The highest BCUT2D eigenvalue weighted by atomic mass is 19.4. The van der Waals surface area contributed by atoms with Crippen LogP contribution in [0.25, 0.3) is 0 Å². The minimum atomic E-state index is -5.08. The van der Waals surface area contributed by atoms with Gasteiger partial charge in [-0.05, 0) is 0 Å². The minimum Gasteiger partial charge on any atom is -0.475 e. The summed E-state index contributed by atoms with van der Waals surface area (Å²) in [5, 5.41) is 72.2. The number of carboxylic acids is 5. The Morgan fingerprint density at radius 2 is 0.340 bits per heavy atom. The Labute approximate surface area is 268 Å². The molecule has 0 fully saturated rings. The van der Waals surface area contributed by atoms with Gasteiger partial charge in [0, 0.05) is 34.6 Å². The van der Waals surface area contributed by atoms with Crippen LogP contribution >= 0.6 is 0 Å². The summed E-state index contributed by atoms with van der Waals surface area (Å²) >= 11 is 0. The lowest BCUT2D eigenvalue weighted by Gasteiger charge is -1.93. The number of nitrogens with zero attached hydrogens (tertiary/aromatic N) is 5. The summed E-state index contributed by atoms with van der Waals surface area (Å²) in [7, 11) is 0. The first-order valence-corrected chi connectivity index (χ1v) is 9.84. The molecule has 30 heteroatoms. The summed E-state index contributed by atoms with van der Waals surface area (Å²) in [6, 6.07) is 8.75. The maximum Gasteiger partial charge on any atom is 0.490 e. The molecule has 50 heavy (non-hydrogen) atoms. The lowest BCUT2D eigenvalue weighted by atomic mass is 10.7. The number of aliphatic carboxylic acids is 5. The molecule has 0 atom stereocenters. The second-order valence-electron chi connectivity index (χ2n) is 5.13. The average Bonchev–Trinajstić information content (AvgIpc) is 2.85. The minimum absolute atomic E-state index is 1.43. The Kier molecular flexibility index (Phi) is 54.7. The van der Waals surface area contributed by atoms with Gasteiger partial charge in [-0.15, -0.1) is 0 Å². The molecule has 0 unspecified atom stereocenters. The summed E-state index contributed by atoms with van der Waals surface area (Å²) in [6.45, 7) is 7.15. The van der Waals surface area contributed by atoms with Crippen molar-refractivity contribution < 1.29 is 115 Å². The predicted molar refractivity (Wildman–Crippen MR) is 125 cm³/mol. The maximum absolute atomic E-state index is 10.6. The zero-order valence-corrected chi connectivity index (χ0v) is 24.7. The van der Waals surface area contributed by atoms with Crippen molar-refractivity contribution in [3.63, 3.8) is 0 Å². The molecule has 5 N–H and O–H groups in total. The van der Waals surface area contributed by atoms with Gasteiger partial charge in [0.15, 0.2) is 0 Å². The van der Waals surface area contributed by atoms with Crippen molar-refractivity contribution in [2.75, 3.05) is 0 Å². The van der Waals surface area contributed by atoms with Gasteiger partial charge in [-0.25, -0.2) is 24.0 Å². The van der Waals surface area contributed by atoms with Crippen LogP contribution in [0.2, 0.25) is 0 Å². The second kappa shape index (κ2) is 38.9. The molecule has 0 heterocycles. The van der Waals surface area contributed by atoms with E-state index in [1.165, 1.54) is 34.6 Å². The number of carbonyl (C=O) groups is 5. The van der Waals surface area contributed by atoms with Gasteiger partial charge in [-0.1, -0.05) is 0 Å². The van der Waals surface area contributed by atoms with Gasteiger partial charge < -0.3 is 25.5 Å². The van der Waals surface area contributed by atoms with Gasteiger partial charge in [-0.3, -0.25) is 0 Å². The Morgan fingerprint density at radius 3 is 0.340 bits per heavy atom. The fourth-order valence-corrected chi connectivity index (χ4v) is 0. The zero-order chi connectivity index (χ0) is 43.9. The van der Waals surface area contributed by atoms with Crippen molar-refractivity contribution in [1.82, 2.24) is 0 Å². The third-order valence-corrected chi connectivity index (χ3v) is 1.21. The van der Waals surface area contributed by atoms with Crippen molar-refractivity contribution >= 4 is 29.8 Å². The van der Waals surface area contributed by atoms with Crippen LogP contribution in [-0.4, -0.2) is 86.3 Å². The van der Waals surface area contributed by atoms with E-state index in [-0.39, 0.29) is 0 Å². The molecular formula is C20H20F15N5O10. The molecule has 0 saturated heterocycles. The van der Waals surface area contributed by atoms with Crippen LogP contribution in [0.1, 0.15) is 34.6 Å². The molecule has 0 aliphatic heterocycles. The molecular weight excluding hydrogens is 755 g/mol. The Balaban J connectivity index is -0.0000000455. The van der Waals surface area contributed by atoms with Gasteiger partial charge in [0.1, 0.15) is 0 Å². The van der Waals surface area contributed by atoms with Gasteiger partial charge in [0.25, 0.3) is 0 Å². The lowest BCUT2D eigenvalue weighted by molar-refractivity contribution is -0.193. The van der Waals surface area contributed by atoms with E-state index < -0.39 is 60.7 Å². The molecule has 0 saturated carbocycles. The molecule has 0 rings (SSSR count). The number of alkyl halides is 15. The largest absolute Gasteiger partial charge is 0.490 e. The zero-order valence-electron chi connectivity index (χ0n) is 24.7. The molecule has 0 aromatic carbocycles. The van der Waals surface area contributed by atoms with Crippen molar-refractivity contribution in [1.29, 1.82) is 26.3 Å². The number of halogens is 15. The van der Waals surface area contributed by atoms with E-state index in [0.717, 1.165) is 0 Å². The Hall–Kier alpha value is -6.25. The molecule has 0 radical (unpaired) electrons. The number of hydrogen-bond donors (Lipinski definition) is 5. The average molecular weight is 775 g/mol. The van der Waals surface area contributed by atoms with E-state index in [4.69, 9.17) is 75.8 Å². The summed E-state index contributed by atoms with van der Waals surface area (Å²) in [6.07, 6.45) is -25.4. The van der Waals surface area contributed by atoms with Crippen LogP contribution in [0.4, 0.5) is 65.9 Å². The first-order chi connectivity index (χ1) is 21.8. The SMILES string of the molecule is CC#N.CC#N.CC#N.CC#N.CC#N.O=C(O)C(F)(F)F.O=C(O)C(F)(F)F.O=C(O)C(F)(F)F.O=C(O)C(F)(F)F.O=C(O)C(F)(F)F. The number of nitriles is 5. The van der Waals surface area contributed by atoms with Crippen molar-refractivity contribution in [3.05, 3.63) is 0 Å². The van der Waals surface area contributed by atoms with Crippen LogP contribution < -0.4 is 0 Å². The molecule has 0 aliphatic rings. The maximum atomic E-state index is 10.6. The van der Waals surface area contributed by atoms with E-state index >= 15 is 0 Å². The molecule has 290 valence electrons. The van der Waals surface area contributed by atoms with Gasteiger partial charge >= 0.3 is 60.7 Å². The number of carboxylic acid groups (broad SMARTS) is 5. The highest BCUT2D eigenvalue weighted by Crippen LogP contribution is 2.15. The van der Waals surface area contributed by atoms with E-state index in [9.17, 15) is 65.9 Å². The normalized spacial score (nSPS) is 8.70. The second-order valence-corrected chi connectivity index (χ2v) is 5.13. The van der Waals surface area contributed by atoms with E-state index in [1.807, 2.05) is 0 Å². The number of hydrogen-bond acceptors (Lipinski definition) is 10. The quantitative estimate of drug-likeness (QED) is 0.181. The fourth-order valence-electron chi connectivity index (χ4n) is 0. The molecule has 15 nitrogen and oxygen atoms in total. The summed E-state index contributed by atoms with van der Waals surface area (Å²) < 4.78 is 159. The fraction of sp³-hybridized carbons (Fsp3) is 0.500. The van der Waals surface area contributed by atoms with Crippen LogP contribution in [0, 0.1) is 56.7 Å². The standard InChI is InChI=1S/5C2HF3O2.5C2H3N/c5*3-2(4,5)1(6)7;5*1-2-3/h5*(H,6,7);5*1H3. The van der Waals surface area contributed by atoms with Crippen molar-refractivity contribution in [2.24, 2.45) is 0 Å². The highest BCUT2D eigenvalue weighted by Gasteiger charge is 2.40. The highest BCUT2D eigenvalue weighted by molar-refractivity contribution is 5.74. The Morgan fingerprint density at radius 1 is 0.320 bits per heavy atom. The third kappa shape index (κ3) is 123.